The van der Waals surface area contributed by atoms with Gasteiger partial charge >= 0.3 is 12.2 Å². The first-order valence-electron chi connectivity index (χ1n) is 11.3. The summed E-state index contributed by atoms with van der Waals surface area (Å²) in [6.07, 6.45) is -1.84. The third-order valence-electron chi connectivity index (χ3n) is 5.68. The van der Waals surface area contributed by atoms with Gasteiger partial charge in [-0.1, -0.05) is 36.4 Å². The predicted molar refractivity (Wildman–Crippen MR) is 135 cm³/mol. The highest BCUT2D eigenvalue weighted by molar-refractivity contribution is 5.83. The molecule has 0 saturated heterocycles. The zero-order valence-electron chi connectivity index (χ0n) is 19.6. The van der Waals surface area contributed by atoms with Gasteiger partial charge in [0.25, 0.3) is 0 Å². The van der Waals surface area contributed by atoms with Crippen molar-refractivity contribution in [2.24, 2.45) is 0 Å². The van der Waals surface area contributed by atoms with E-state index in [1.165, 1.54) is 0 Å². The third-order valence-corrected chi connectivity index (χ3v) is 5.68. The van der Waals surface area contributed by atoms with Gasteiger partial charge in [-0.3, -0.25) is 10.6 Å². The number of carboxylic acid groups (broad SMARTS) is 2. The molecule has 0 atom stereocenters. The Kier molecular flexibility index (Phi) is 7.81. The van der Waals surface area contributed by atoms with Crippen LogP contribution < -0.4 is 15.4 Å². The number of amides is 2. The SMILES string of the molecule is O=C(O)Nc1ccc(C(Cc2ccc(Oc3cc(F)c(F)c(F)c3)cc2)c2ccc(NC(=O)O)cc2)cc1. The van der Waals surface area contributed by atoms with Crippen LogP contribution in [0.5, 0.6) is 11.5 Å². The fraction of sp³-hybridized carbons (Fsp3) is 0.0714. The van der Waals surface area contributed by atoms with E-state index < -0.39 is 29.6 Å². The second-order valence-corrected chi connectivity index (χ2v) is 8.31. The number of ether oxygens (including phenoxy) is 1. The molecule has 0 bridgehead atoms. The van der Waals surface area contributed by atoms with Crippen molar-refractivity contribution in [1.82, 2.24) is 0 Å². The van der Waals surface area contributed by atoms with Crippen LogP contribution in [0.4, 0.5) is 34.1 Å². The maximum Gasteiger partial charge on any atom is 0.409 e. The van der Waals surface area contributed by atoms with Gasteiger partial charge in [-0.2, -0.15) is 0 Å². The van der Waals surface area contributed by atoms with Gasteiger partial charge in [0.05, 0.1) is 0 Å². The van der Waals surface area contributed by atoms with Crippen molar-refractivity contribution >= 4 is 23.6 Å². The van der Waals surface area contributed by atoms with E-state index in [1.54, 1.807) is 72.8 Å². The summed E-state index contributed by atoms with van der Waals surface area (Å²) in [5, 5.41) is 22.5. The van der Waals surface area contributed by atoms with E-state index in [9.17, 15) is 22.8 Å². The summed E-state index contributed by atoms with van der Waals surface area (Å²) in [5.41, 5.74) is 3.49. The van der Waals surface area contributed by atoms with Crippen LogP contribution in [0, 0.1) is 17.5 Å². The predicted octanol–water partition coefficient (Wildman–Crippen LogP) is 7.45. The lowest BCUT2D eigenvalue weighted by molar-refractivity contribution is 0.208. The van der Waals surface area contributed by atoms with Crippen LogP contribution in [0.3, 0.4) is 0 Å². The number of carbonyl (C=O) groups is 2. The first-order chi connectivity index (χ1) is 18.2. The summed E-state index contributed by atoms with van der Waals surface area (Å²) in [4.78, 5) is 21.9. The molecule has 4 aromatic rings. The molecule has 0 aliphatic carbocycles. The van der Waals surface area contributed by atoms with Crippen LogP contribution in [-0.2, 0) is 6.42 Å². The lowest BCUT2D eigenvalue weighted by Gasteiger charge is -2.19. The summed E-state index contributed by atoms with van der Waals surface area (Å²) in [6, 6.07) is 22.1. The summed E-state index contributed by atoms with van der Waals surface area (Å²) in [6.45, 7) is 0. The van der Waals surface area contributed by atoms with E-state index in [2.05, 4.69) is 10.6 Å². The summed E-state index contributed by atoms with van der Waals surface area (Å²) in [7, 11) is 0. The maximum absolute atomic E-state index is 13.5. The van der Waals surface area contributed by atoms with Crippen molar-refractivity contribution in [3.63, 3.8) is 0 Å². The van der Waals surface area contributed by atoms with E-state index in [0.717, 1.165) is 28.8 Å². The minimum absolute atomic E-state index is 0.181. The lowest BCUT2D eigenvalue weighted by Crippen LogP contribution is -2.09. The van der Waals surface area contributed by atoms with Crippen LogP contribution in [0.25, 0.3) is 0 Å². The molecule has 0 saturated carbocycles. The molecule has 0 fully saturated rings. The Morgan fingerprint density at radius 3 is 1.55 bits per heavy atom. The second-order valence-electron chi connectivity index (χ2n) is 8.31. The normalized spacial score (nSPS) is 10.7. The van der Waals surface area contributed by atoms with Gasteiger partial charge < -0.3 is 14.9 Å². The van der Waals surface area contributed by atoms with Crippen LogP contribution in [0.1, 0.15) is 22.6 Å². The molecule has 0 unspecified atom stereocenters. The summed E-state index contributed by atoms with van der Waals surface area (Å²) < 4.78 is 45.6. The smallest absolute Gasteiger partial charge is 0.409 e. The monoisotopic (exact) mass is 522 g/mol. The molecule has 0 radical (unpaired) electrons. The maximum atomic E-state index is 13.5. The fourth-order valence-corrected chi connectivity index (χ4v) is 3.93. The summed E-state index contributed by atoms with van der Waals surface area (Å²) >= 11 is 0. The van der Waals surface area contributed by atoms with Crippen LogP contribution >= 0.6 is 0 Å². The van der Waals surface area contributed by atoms with Crippen LogP contribution in [0.15, 0.2) is 84.9 Å². The lowest BCUT2D eigenvalue weighted by atomic mass is 9.86. The van der Waals surface area contributed by atoms with Gasteiger partial charge in [-0.05, 0) is 59.5 Å². The van der Waals surface area contributed by atoms with E-state index in [4.69, 9.17) is 14.9 Å². The fourth-order valence-electron chi connectivity index (χ4n) is 3.93. The highest BCUT2D eigenvalue weighted by atomic mass is 19.2. The van der Waals surface area contributed by atoms with Crippen molar-refractivity contribution in [3.8, 4) is 11.5 Å². The molecule has 0 spiro atoms. The van der Waals surface area contributed by atoms with Gasteiger partial charge in [-0.15, -0.1) is 0 Å². The molecular formula is C28H21F3N2O5. The van der Waals surface area contributed by atoms with Crippen molar-refractivity contribution in [3.05, 3.63) is 119 Å². The van der Waals surface area contributed by atoms with Crippen molar-refractivity contribution in [1.29, 1.82) is 0 Å². The van der Waals surface area contributed by atoms with E-state index in [0.29, 0.717) is 23.5 Å². The quantitative estimate of drug-likeness (QED) is 0.180. The van der Waals surface area contributed by atoms with Gasteiger partial charge in [0.1, 0.15) is 11.5 Å². The number of halogens is 3. The third kappa shape index (κ3) is 6.61. The zero-order valence-corrected chi connectivity index (χ0v) is 19.6. The highest BCUT2D eigenvalue weighted by Gasteiger charge is 2.17. The zero-order chi connectivity index (χ0) is 27.2. The Hall–Kier alpha value is -4.99. The first-order valence-corrected chi connectivity index (χ1v) is 11.3. The van der Waals surface area contributed by atoms with Crippen LogP contribution in [-0.4, -0.2) is 22.4 Å². The number of benzene rings is 4. The molecule has 0 aromatic heterocycles. The van der Waals surface area contributed by atoms with Gasteiger partial charge in [-0.25, -0.2) is 22.8 Å². The number of hydrogen-bond acceptors (Lipinski definition) is 3. The molecule has 4 rings (SSSR count). The average Bonchev–Trinajstić information content (AvgIpc) is 2.87. The van der Waals surface area contributed by atoms with E-state index in [-0.39, 0.29) is 11.7 Å². The molecule has 4 aromatic carbocycles. The molecule has 7 nitrogen and oxygen atoms in total. The molecule has 10 heteroatoms. The van der Waals surface area contributed by atoms with Crippen molar-refractivity contribution < 1.29 is 37.7 Å². The minimum Gasteiger partial charge on any atom is -0.465 e. The molecule has 0 aliphatic heterocycles. The van der Waals surface area contributed by atoms with Gasteiger partial charge in [0, 0.05) is 29.4 Å². The van der Waals surface area contributed by atoms with E-state index >= 15 is 0 Å². The number of hydrogen-bond donors (Lipinski definition) is 4. The molecular weight excluding hydrogens is 501 g/mol. The largest absolute Gasteiger partial charge is 0.465 e. The Morgan fingerprint density at radius 1 is 0.684 bits per heavy atom. The second kappa shape index (κ2) is 11.4. The standard InChI is InChI=1S/C28H21F3N2O5/c29-24-14-22(15-25(30)26(24)31)38-21-11-1-16(2-12-21)13-23(17-3-7-19(8-4-17)32-27(34)35)18-5-9-20(10-6-18)33-28(36)37/h1-12,14-15,23,32-33H,13H2,(H,34,35)(H,36,37). The Bertz CT molecular complexity index is 1360. The Balaban J connectivity index is 1.57. The van der Waals surface area contributed by atoms with Crippen molar-refractivity contribution in [2.45, 2.75) is 12.3 Å². The minimum atomic E-state index is -1.57. The topological polar surface area (TPSA) is 108 Å². The number of anilines is 2. The summed E-state index contributed by atoms with van der Waals surface area (Å²) in [5.74, 6) is -4.35. The molecule has 194 valence electrons. The van der Waals surface area contributed by atoms with Crippen molar-refractivity contribution in [2.75, 3.05) is 10.6 Å². The Morgan fingerprint density at radius 2 is 1.13 bits per heavy atom. The number of nitrogens with one attached hydrogen (secondary N) is 2. The van der Waals surface area contributed by atoms with Crippen LogP contribution in [0.2, 0.25) is 0 Å². The average molecular weight is 522 g/mol. The first kappa shape index (κ1) is 26.1. The molecule has 0 aliphatic rings. The Labute approximate surface area is 215 Å². The molecule has 4 N–H and O–H groups in total. The van der Waals surface area contributed by atoms with Gasteiger partial charge in [0.15, 0.2) is 17.5 Å². The van der Waals surface area contributed by atoms with E-state index in [1.807, 2.05) is 0 Å². The molecule has 0 heterocycles. The molecule has 2 amide bonds. The number of rotatable bonds is 8. The van der Waals surface area contributed by atoms with Gasteiger partial charge in [0.2, 0.25) is 0 Å². The molecule has 38 heavy (non-hydrogen) atoms. The highest BCUT2D eigenvalue weighted by Crippen LogP contribution is 2.32.